The predicted octanol–water partition coefficient (Wildman–Crippen LogP) is 15.0. The Balaban J connectivity index is 1.15. The van der Waals surface area contributed by atoms with Crippen LogP contribution in [0, 0.1) is 6.33 Å². The van der Waals surface area contributed by atoms with E-state index in [0.717, 1.165) is 72.2 Å². The van der Waals surface area contributed by atoms with Crippen molar-refractivity contribution in [2.24, 2.45) is 0 Å². The van der Waals surface area contributed by atoms with Crippen LogP contribution in [0.2, 0.25) is 0 Å². The number of ether oxygens (including phenoxy) is 1. The van der Waals surface area contributed by atoms with E-state index in [-0.39, 0.29) is 28.5 Å². The molecule has 0 amide bonds. The monoisotopic (exact) mass is 840 g/mol. The highest BCUT2D eigenvalue weighted by atomic mass is 16.5. The molecule has 64 heavy (non-hydrogen) atoms. The lowest BCUT2D eigenvalue weighted by Gasteiger charge is -2.27. The summed E-state index contributed by atoms with van der Waals surface area (Å²) in [5.41, 5.74) is 10.1. The lowest BCUT2D eigenvalue weighted by Crippen LogP contribution is -2.31. The number of rotatable bonds is 8. The molecule has 0 aliphatic carbocycles. The van der Waals surface area contributed by atoms with Crippen LogP contribution in [-0.4, -0.2) is 14.1 Å². The first-order valence-corrected chi connectivity index (χ1v) is 21.8. The Morgan fingerprint density at radius 3 is 2.02 bits per heavy atom. The van der Waals surface area contributed by atoms with Crippen LogP contribution in [0.4, 0.5) is 0 Å². The number of para-hydroxylation sites is 4. The van der Waals surface area contributed by atoms with Crippen molar-refractivity contribution >= 4 is 32.8 Å². The largest absolute Gasteiger partial charge is 0.458 e. The molecule has 0 saturated carbocycles. The molecule has 10 rings (SSSR count). The van der Waals surface area contributed by atoms with E-state index >= 15 is 0 Å². The summed E-state index contributed by atoms with van der Waals surface area (Å²) in [6.45, 7) is 17.0. The second-order valence-electron chi connectivity index (χ2n) is 18.8. The molecule has 7 aromatic carbocycles. The van der Waals surface area contributed by atoms with Gasteiger partial charge in [0.05, 0.1) is 40.3 Å². The van der Waals surface area contributed by atoms with Crippen LogP contribution in [0.1, 0.15) is 86.2 Å². The number of aromatic nitrogens is 4. The van der Waals surface area contributed by atoms with E-state index in [1.807, 2.05) is 126 Å². The van der Waals surface area contributed by atoms with E-state index in [1.54, 1.807) is 6.20 Å². The maximum Gasteiger partial charge on any atom is 0.269 e. The van der Waals surface area contributed by atoms with E-state index in [0.29, 0.717) is 22.7 Å². The smallest absolute Gasteiger partial charge is 0.269 e. The summed E-state index contributed by atoms with van der Waals surface area (Å²) in [4.78, 5) is 4.78. The molecule has 0 spiro atoms. The van der Waals surface area contributed by atoms with Gasteiger partial charge in [0.2, 0.25) is 0 Å². The Hall–Kier alpha value is -7.24. The fourth-order valence-electron chi connectivity index (χ4n) is 8.60. The van der Waals surface area contributed by atoms with Gasteiger partial charge in [0.1, 0.15) is 17.3 Å². The minimum atomic E-state index is -0.804. The Morgan fingerprint density at radius 2 is 1.28 bits per heavy atom. The third-order valence-electron chi connectivity index (χ3n) is 12.1. The van der Waals surface area contributed by atoms with Crippen molar-refractivity contribution in [1.29, 1.82) is 0 Å². The highest BCUT2D eigenvalue weighted by Crippen LogP contribution is 2.40. The van der Waals surface area contributed by atoms with E-state index in [2.05, 4.69) is 88.8 Å². The summed E-state index contributed by atoms with van der Waals surface area (Å²) >= 11 is 0. The Bertz CT molecular complexity index is 3660. The van der Waals surface area contributed by atoms with Crippen LogP contribution < -0.4 is 9.30 Å². The van der Waals surface area contributed by atoms with Gasteiger partial charge >= 0.3 is 0 Å². The lowest BCUT2D eigenvalue weighted by atomic mass is 9.78. The van der Waals surface area contributed by atoms with Gasteiger partial charge in [-0.05, 0) is 104 Å². The molecule has 0 atom stereocenters. The van der Waals surface area contributed by atoms with Crippen molar-refractivity contribution in [1.82, 2.24) is 14.1 Å². The Morgan fingerprint density at radius 1 is 0.625 bits per heavy atom. The number of fused-ring (bicyclic) bond motifs is 4. The lowest BCUT2D eigenvalue weighted by molar-refractivity contribution is -0.571. The average molecular weight is 841 g/mol. The molecule has 316 valence electrons. The minimum Gasteiger partial charge on any atom is -0.458 e. The molecule has 0 N–H and O–H groups in total. The second-order valence-corrected chi connectivity index (χ2v) is 18.8. The second kappa shape index (κ2) is 15.8. The third kappa shape index (κ3) is 7.45. The number of hydrogen-bond acceptors (Lipinski definition) is 2. The molecule has 0 aliphatic heterocycles. The van der Waals surface area contributed by atoms with Gasteiger partial charge in [0.15, 0.2) is 0 Å². The summed E-state index contributed by atoms with van der Waals surface area (Å²) in [6, 6.07) is 44.7. The normalized spacial score (nSPS) is 13.7. The van der Waals surface area contributed by atoms with Crippen LogP contribution in [0.25, 0.3) is 72.3 Å². The number of benzene rings is 7. The van der Waals surface area contributed by atoms with Gasteiger partial charge in [-0.2, -0.15) is 0 Å². The van der Waals surface area contributed by atoms with E-state index in [1.165, 1.54) is 0 Å². The number of nitrogens with zero attached hydrogens (tertiary/aromatic N) is 4. The molecule has 5 heteroatoms. The third-order valence-corrected chi connectivity index (χ3v) is 12.1. The zero-order chi connectivity index (χ0) is 49.6. The van der Waals surface area contributed by atoms with Gasteiger partial charge in [-0.3, -0.25) is 13.7 Å². The van der Waals surface area contributed by atoms with E-state index in [4.69, 9.17) is 15.2 Å². The highest BCUT2D eigenvalue weighted by molar-refractivity contribution is 6.09. The molecule has 5 nitrogen and oxygen atoms in total. The van der Waals surface area contributed by atoms with Gasteiger partial charge in [-0.1, -0.05) is 171 Å². The number of hydrogen-bond donors (Lipinski definition) is 0. The predicted molar refractivity (Wildman–Crippen MR) is 265 cm³/mol. The molecular weight excluding hydrogens is 781 g/mol. The summed E-state index contributed by atoms with van der Waals surface area (Å²) in [5.74, 6) is 1.15. The summed E-state index contributed by atoms with van der Waals surface area (Å²) < 4.78 is 65.8. The van der Waals surface area contributed by atoms with Crippen LogP contribution in [0.15, 0.2) is 176 Å². The first-order chi connectivity index (χ1) is 33.2. The molecule has 0 saturated heterocycles. The van der Waals surface area contributed by atoms with Crippen LogP contribution >= 0.6 is 0 Å². The van der Waals surface area contributed by atoms with Gasteiger partial charge in [0, 0.05) is 24.4 Å². The molecule has 0 bridgehead atoms. The molecular formula is C59H54N4O. The summed E-state index contributed by atoms with van der Waals surface area (Å²) in [6.07, 6.45) is 5.45. The fraction of sp³-hybridized carbons (Fsp3) is 0.186. The maximum absolute atomic E-state index is 9.19. The van der Waals surface area contributed by atoms with Gasteiger partial charge in [-0.25, -0.2) is 4.98 Å². The van der Waals surface area contributed by atoms with Crippen molar-refractivity contribution in [2.75, 3.05) is 0 Å². The number of pyridine rings is 1. The fourth-order valence-corrected chi connectivity index (χ4v) is 8.60. The Labute approximate surface area is 385 Å². The topological polar surface area (TPSA) is 35.9 Å². The first kappa shape index (κ1) is 34.3. The maximum atomic E-state index is 9.19. The minimum absolute atomic E-state index is 0.110. The van der Waals surface area contributed by atoms with Gasteiger partial charge < -0.3 is 4.74 Å². The first-order valence-electron chi connectivity index (χ1n) is 24.8. The molecule has 0 unspecified atom stereocenters. The standard InChI is InChI=1S/C59H54N4O/c1-39(2)41-30-31-60-56(34-41)63-52-25-13-12-22-50(52)51-29-28-47(37-55(51)63)64-46-21-16-20-45(36-46)61-38-62(54-27-15-14-26-53(54)61)57-48(40-18-10-9-11-19-40)23-17-24-49(57)42-32-43(58(3,4)5)35-44(33-42)59(6,7)8/h9-37,39H,1-8H3/i9D,10D,11D,18D,19D,39D. The van der Waals surface area contributed by atoms with Crippen LogP contribution in [0.3, 0.4) is 0 Å². The molecule has 10 aromatic rings. The number of imidazole rings is 1. The zero-order valence-electron chi connectivity index (χ0n) is 43.6. The quantitative estimate of drug-likeness (QED) is 0.113. The van der Waals surface area contributed by atoms with Crippen molar-refractivity contribution in [2.45, 2.75) is 72.1 Å². The molecule has 0 fully saturated rings. The molecule has 3 heterocycles. The van der Waals surface area contributed by atoms with Gasteiger partial charge in [-0.15, -0.1) is 0 Å². The van der Waals surface area contributed by atoms with Crippen molar-refractivity contribution in [3.8, 4) is 50.9 Å². The van der Waals surface area contributed by atoms with E-state index in [9.17, 15) is 2.74 Å². The average Bonchev–Trinajstić information content (AvgIpc) is 3.88. The zero-order valence-corrected chi connectivity index (χ0v) is 37.6. The molecule has 0 aliphatic rings. The SMILES string of the molecule is [2H]c1c([2H])c([2H])c(-c2cccc(-c3cc(C(C)(C)C)cc(C(C)(C)C)c3)c2-[n+]2[c-]n(-c3cccc(Oc4ccc5c6ccccc6n(-c6cc(C([2H])(C)C)ccn6)c5c4)c3)c3ccccc32)c([2H])c1[2H]. The Kier molecular flexibility index (Phi) is 8.48. The van der Waals surface area contributed by atoms with Crippen molar-refractivity contribution in [3.63, 3.8) is 0 Å². The van der Waals surface area contributed by atoms with Crippen molar-refractivity contribution < 1.29 is 17.5 Å². The summed E-state index contributed by atoms with van der Waals surface area (Å²) in [5, 5.41) is 2.13. The van der Waals surface area contributed by atoms with Crippen LogP contribution in [-0.2, 0) is 10.8 Å². The highest BCUT2D eigenvalue weighted by Gasteiger charge is 2.25. The summed E-state index contributed by atoms with van der Waals surface area (Å²) in [7, 11) is 0. The molecule has 3 aromatic heterocycles. The van der Waals surface area contributed by atoms with Crippen LogP contribution in [0.5, 0.6) is 11.5 Å². The van der Waals surface area contributed by atoms with Crippen molar-refractivity contribution in [3.05, 3.63) is 199 Å². The van der Waals surface area contributed by atoms with Gasteiger partial charge in [0.25, 0.3) is 6.33 Å². The van der Waals surface area contributed by atoms with E-state index < -0.39 is 24.0 Å². The molecule has 0 radical (unpaired) electrons.